The van der Waals surface area contributed by atoms with Gasteiger partial charge in [-0.15, -0.1) is 0 Å². The fraction of sp³-hybridized carbons (Fsp3) is 0.867. The third-order valence-corrected chi connectivity index (χ3v) is 5.85. The summed E-state index contributed by atoms with van der Waals surface area (Å²) in [7, 11) is -6.09. The van der Waals surface area contributed by atoms with Crippen LogP contribution in [0.25, 0.3) is 0 Å². The summed E-state index contributed by atoms with van der Waals surface area (Å²) in [6.07, 6.45) is 2.58. The summed E-state index contributed by atoms with van der Waals surface area (Å²) < 4.78 is 61.4. The second kappa shape index (κ2) is 9.24. The maximum atomic E-state index is 10.7. The van der Waals surface area contributed by atoms with Crippen LogP contribution in [-0.2, 0) is 10.1 Å². The molecule has 1 atom stereocenters. The molecule has 0 aliphatic carbocycles. The van der Waals surface area contributed by atoms with Gasteiger partial charge in [-0.3, -0.25) is 0 Å². The number of hydrogen-bond acceptors (Lipinski definition) is 5. The Balaban J connectivity index is 0.000000609. The molecule has 0 radical (unpaired) electrons. The molecule has 0 saturated carbocycles. The van der Waals surface area contributed by atoms with Crippen LogP contribution in [0.5, 0.6) is 0 Å². The van der Waals surface area contributed by atoms with Gasteiger partial charge >= 0.3 is 5.51 Å². The van der Waals surface area contributed by atoms with Crippen molar-refractivity contribution in [3.63, 3.8) is 0 Å². The van der Waals surface area contributed by atoms with E-state index in [-0.39, 0.29) is 10.7 Å². The predicted octanol–water partition coefficient (Wildman–Crippen LogP) is 3.57. The molecule has 0 aromatic carbocycles. The lowest BCUT2D eigenvalue weighted by Crippen LogP contribution is -2.30. The standard InChI is InChI=1S/C14H25N2S.CHF3O3S/c1-11(2)12(10-15)17-13(14(3,4)5)16-8-6-7-9-16;2-1(3,4)8(5,6)7/h11-12H,6-9H2,1-5H3;(H,5,6,7)/q+1;/p-1. The minimum atomic E-state index is -6.09. The predicted molar refractivity (Wildman–Crippen MR) is 91.3 cm³/mol. The Bertz CT molecular complexity index is 607. The molecular formula is C15H25F3N2O3S2. The Morgan fingerprint density at radius 3 is 1.84 bits per heavy atom. The number of rotatable bonds is 2. The maximum Gasteiger partial charge on any atom is 0.485 e. The van der Waals surface area contributed by atoms with E-state index < -0.39 is 15.6 Å². The SMILES string of the molecule is CC(C)C(C#N)SC(=[N+]1CCCC1)C(C)(C)C.O=S(=O)([O-])C(F)(F)F. The molecule has 25 heavy (non-hydrogen) atoms. The highest BCUT2D eigenvalue weighted by Crippen LogP contribution is 2.31. The second-order valence-corrected chi connectivity index (χ2v) is 9.56. The monoisotopic (exact) mass is 402 g/mol. The summed E-state index contributed by atoms with van der Waals surface area (Å²) in [5.74, 6) is 0.407. The fourth-order valence-electron chi connectivity index (χ4n) is 2.08. The van der Waals surface area contributed by atoms with Crippen LogP contribution >= 0.6 is 11.8 Å². The minimum Gasteiger partial charge on any atom is -0.741 e. The van der Waals surface area contributed by atoms with E-state index in [2.05, 4.69) is 45.3 Å². The summed E-state index contributed by atoms with van der Waals surface area (Å²) in [4.78, 5) is 0. The van der Waals surface area contributed by atoms with E-state index in [1.165, 1.54) is 17.9 Å². The van der Waals surface area contributed by atoms with E-state index >= 15 is 0 Å². The molecule has 10 heteroatoms. The van der Waals surface area contributed by atoms with Gasteiger partial charge in [-0.2, -0.15) is 18.4 Å². The normalized spacial score (nSPS) is 16.9. The van der Waals surface area contributed by atoms with Crippen molar-refractivity contribution in [1.82, 2.24) is 0 Å². The number of thioether (sulfide) groups is 1. The molecule has 0 spiro atoms. The van der Waals surface area contributed by atoms with E-state index in [4.69, 9.17) is 13.0 Å². The first kappa shape index (κ1) is 24.2. The summed E-state index contributed by atoms with van der Waals surface area (Å²) in [5, 5.41) is 10.7. The van der Waals surface area contributed by atoms with Crippen molar-refractivity contribution < 1.29 is 30.7 Å². The van der Waals surface area contributed by atoms with Gasteiger partial charge in [0.1, 0.15) is 18.3 Å². The fourth-order valence-corrected chi connectivity index (χ4v) is 3.33. The highest BCUT2D eigenvalue weighted by atomic mass is 32.2. The first-order valence-electron chi connectivity index (χ1n) is 7.82. The average Bonchev–Trinajstić information content (AvgIpc) is 2.89. The molecule has 1 unspecified atom stereocenters. The first-order chi connectivity index (χ1) is 11.1. The third-order valence-electron chi connectivity index (χ3n) is 3.29. The van der Waals surface area contributed by atoms with Crippen LogP contribution in [0.15, 0.2) is 0 Å². The van der Waals surface area contributed by atoms with Crippen LogP contribution in [0.2, 0.25) is 0 Å². The lowest BCUT2D eigenvalue weighted by molar-refractivity contribution is -0.506. The second-order valence-electron chi connectivity index (χ2n) is 7.06. The van der Waals surface area contributed by atoms with Gasteiger partial charge in [-0.25, -0.2) is 13.0 Å². The molecule has 0 N–H and O–H groups in total. The molecule has 0 aromatic rings. The van der Waals surface area contributed by atoms with Crippen molar-refractivity contribution in [3.8, 4) is 6.07 Å². The Morgan fingerprint density at radius 1 is 1.20 bits per heavy atom. The molecule has 146 valence electrons. The number of hydrogen-bond donors (Lipinski definition) is 0. The Labute approximate surface area is 152 Å². The number of nitrogens with zero attached hydrogens (tertiary/aromatic N) is 2. The number of nitriles is 1. The Kier molecular flexibility index (Phi) is 8.94. The van der Waals surface area contributed by atoms with E-state index in [0.717, 1.165) is 13.1 Å². The minimum absolute atomic E-state index is 0.0739. The largest absolute Gasteiger partial charge is 0.741 e. The third kappa shape index (κ3) is 8.42. The zero-order chi connectivity index (χ0) is 20.1. The molecule has 1 aliphatic heterocycles. The molecular weight excluding hydrogens is 377 g/mol. The van der Waals surface area contributed by atoms with E-state index in [1.54, 1.807) is 11.8 Å². The quantitative estimate of drug-likeness (QED) is 0.305. The van der Waals surface area contributed by atoms with Gasteiger partial charge in [0, 0.05) is 12.8 Å². The Hall–Kier alpha value is -0.790. The van der Waals surface area contributed by atoms with Crippen molar-refractivity contribution in [2.45, 2.75) is 58.2 Å². The first-order valence-corrected chi connectivity index (χ1v) is 10.1. The van der Waals surface area contributed by atoms with Crippen LogP contribution in [0, 0.1) is 22.7 Å². The van der Waals surface area contributed by atoms with E-state index in [9.17, 15) is 18.4 Å². The van der Waals surface area contributed by atoms with E-state index in [1.807, 2.05) is 0 Å². The molecule has 1 rings (SSSR count). The van der Waals surface area contributed by atoms with Crippen molar-refractivity contribution in [2.75, 3.05) is 13.1 Å². The lowest BCUT2D eigenvalue weighted by Gasteiger charge is -2.22. The van der Waals surface area contributed by atoms with Crippen LogP contribution < -0.4 is 0 Å². The van der Waals surface area contributed by atoms with Crippen LogP contribution in [0.1, 0.15) is 47.5 Å². The van der Waals surface area contributed by atoms with Crippen molar-refractivity contribution >= 4 is 26.9 Å². The number of alkyl halides is 3. The molecule has 1 heterocycles. The number of halogens is 3. The highest BCUT2D eigenvalue weighted by molar-refractivity contribution is 8.14. The smallest absolute Gasteiger partial charge is 0.485 e. The molecule has 0 aromatic heterocycles. The Morgan fingerprint density at radius 2 is 1.60 bits per heavy atom. The van der Waals surface area contributed by atoms with Gasteiger partial charge in [0.2, 0.25) is 5.04 Å². The van der Waals surface area contributed by atoms with Gasteiger partial charge in [-0.05, 0) is 38.5 Å². The van der Waals surface area contributed by atoms with Crippen molar-refractivity contribution in [2.24, 2.45) is 11.3 Å². The molecule has 1 saturated heterocycles. The molecule has 0 amide bonds. The summed E-state index contributed by atoms with van der Waals surface area (Å²) in [6.45, 7) is 13.3. The zero-order valence-corrected chi connectivity index (χ0v) is 16.7. The topological polar surface area (TPSA) is 84.0 Å². The summed E-state index contributed by atoms with van der Waals surface area (Å²) >= 11 is 1.78. The van der Waals surface area contributed by atoms with Gasteiger partial charge in [-0.1, -0.05) is 13.8 Å². The highest BCUT2D eigenvalue weighted by Gasteiger charge is 2.37. The molecule has 0 bridgehead atoms. The van der Waals surface area contributed by atoms with Crippen molar-refractivity contribution in [1.29, 1.82) is 5.26 Å². The van der Waals surface area contributed by atoms with Crippen LogP contribution in [0.4, 0.5) is 13.2 Å². The maximum absolute atomic E-state index is 10.7. The summed E-state index contributed by atoms with van der Waals surface area (Å²) in [5.41, 5.74) is -5.49. The molecule has 5 nitrogen and oxygen atoms in total. The van der Waals surface area contributed by atoms with Crippen molar-refractivity contribution in [3.05, 3.63) is 0 Å². The average molecular weight is 403 g/mol. The van der Waals surface area contributed by atoms with Crippen LogP contribution in [0.3, 0.4) is 0 Å². The van der Waals surface area contributed by atoms with Gasteiger partial charge in [0.25, 0.3) is 0 Å². The van der Waals surface area contributed by atoms with Gasteiger partial charge in [0.15, 0.2) is 10.1 Å². The molecule has 1 fully saturated rings. The lowest BCUT2D eigenvalue weighted by atomic mass is 9.98. The zero-order valence-electron chi connectivity index (χ0n) is 15.1. The summed E-state index contributed by atoms with van der Waals surface area (Å²) in [6, 6.07) is 2.44. The van der Waals surface area contributed by atoms with E-state index in [0.29, 0.717) is 5.92 Å². The molecule has 1 aliphatic rings. The van der Waals surface area contributed by atoms with Crippen LogP contribution in [-0.4, -0.2) is 46.4 Å². The van der Waals surface area contributed by atoms with Gasteiger partial charge < -0.3 is 4.55 Å². The van der Waals surface area contributed by atoms with Gasteiger partial charge in [0.05, 0.1) is 11.5 Å².